The highest BCUT2D eigenvalue weighted by Gasteiger charge is 2.42. The molecular formula is C48H30O31. The van der Waals surface area contributed by atoms with E-state index in [4.69, 9.17) is 4.42 Å². The van der Waals surface area contributed by atoms with Gasteiger partial charge in [0.2, 0.25) is 57.5 Å². The second kappa shape index (κ2) is 15.6. The van der Waals surface area contributed by atoms with Gasteiger partial charge in [0.1, 0.15) is 11.5 Å². The van der Waals surface area contributed by atoms with Crippen LogP contribution in [-0.2, 0) is 0 Å². The standard InChI is InChI=1S/C48H30O31/c49-17-7(35(67)46(78)48-16(17)15-18(50)9-14(36(68)47(15)79-48)34(66)42(74)41(73)31(9)63)1-3-5(21(53)39(71)37(69)19(3)51)2(6-4(1)20(52)38(70)40(72)22(6)54)8-23(55)25(57)10(26(58)24(8)56)11-27(59)29(61)12(30(62)28(11)60)13-32(64)43(75)45(77)44(76)33(13)65/h49-78H. The summed E-state index contributed by atoms with van der Waals surface area (Å²) in [5.41, 5.74) is -14.6. The van der Waals surface area contributed by atoms with Crippen molar-refractivity contribution < 1.29 is 158 Å². The van der Waals surface area contributed by atoms with Crippen molar-refractivity contribution >= 4 is 54.3 Å². The van der Waals surface area contributed by atoms with E-state index in [0.717, 1.165) is 0 Å². The van der Waals surface area contributed by atoms with Crippen LogP contribution in [0.15, 0.2) is 4.42 Å². The van der Waals surface area contributed by atoms with Gasteiger partial charge in [-0.1, -0.05) is 0 Å². The van der Waals surface area contributed by atoms with Crippen LogP contribution in [0.1, 0.15) is 0 Å². The summed E-state index contributed by atoms with van der Waals surface area (Å²) in [4.78, 5) is 0. The SMILES string of the molecule is Oc1c(O)c(O)c(-c2c(O)c(O)c(-c3c(O)c(O)c(-c4c5c(O)c(O)c(O)c(O)c5c(-c5c(O)c(O)c6oc7c(O)c8c(O)c(O)c(O)c(O)c8c(O)c7c6c5O)c5c(O)c(O)c(O)c(O)c45)c(O)c3O)c(O)c2O)c(O)c1O. The van der Waals surface area contributed by atoms with Crippen LogP contribution < -0.4 is 0 Å². The molecule has 9 aromatic carbocycles. The zero-order valence-electron chi connectivity index (χ0n) is 37.8. The Morgan fingerprint density at radius 1 is 0.114 bits per heavy atom. The molecule has 0 aliphatic heterocycles. The average Bonchev–Trinajstić information content (AvgIpc) is 3.96. The molecule has 0 radical (unpaired) electrons. The van der Waals surface area contributed by atoms with Crippen molar-refractivity contribution in [3.05, 3.63) is 0 Å². The van der Waals surface area contributed by atoms with Crippen molar-refractivity contribution in [2.75, 3.05) is 0 Å². The predicted octanol–water partition coefficient (Wildman–Crippen LogP) is 4.88. The number of fused-ring (bicyclic) bond motifs is 6. The van der Waals surface area contributed by atoms with Gasteiger partial charge < -0.3 is 158 Å². The summed E-state index contributed by atoms with van der Waals surface area (Å²) in [6.07, 6.45) is 0. The van der Waals surface area contributed by atoms with E-state index in [-0.39, 0.29) is 0 Å². The molecule has 0 amide bonds. The summed E-state index contributed by atoms with van der Waals surface area (Å²) in [6.45, 7) is 0. The van der Waals surface area contributed by atoms with E-state index in [1.807, 2.05) is 0 Å². The molecule has 30 N–H and O–H groups in total. The lowest BCUT2D eigenvalue weighted by Crippen LogP contribution is -1.97. The van der Waals surface area contributed by atoms with Gasteiger partial charge in [-0.3, -0.25) is 0 Å². The van der Waals surface area contributed by atoms with Crippen molar-refractivity contribution in [3.63, 3.8) is 0 Å². The Hall–Kier alpha value is -12.4. The Morgan fingerprint density at radius 3 is 0.595 bits per heavy atom. The summed E-state index contributed by atoms with van der Waals surface area (Å²) >= 11 is 0. The van der Waals surface area contributed by atoms with Crippen molar-refractivity contribution in [2.24, 2.45) is 0 Å². The van der Waals surface area contributed by atoms with Gasteiger partial charge in [-0.25, -0.2) is 0 Å². The summed E-state index contributed by atoms with van der Waals surface area (Å²) in [6, 6.07) is 0. The highest BCUT2D eigenvalue weighted by atomic mass is 16.4. The minimum absolute atomic E-state index is 1.05. The first-order chi connectivity index (χ1) is 36.8. The molecule has 0 aliphatic carbocycles. The quantitative estimate of drug-likeness (QED) is 0.0634. The molecule has 10 rings (SSSR count). The molecular weight excluding hydrogens is 1070 g/mol. The maximum absolute atomic E-state index is 12.3. The normalized spacial score (nSPS) is 11.8. The van der Waals surface area contributed by atoms with Crippen LogP contribution in [0.3, 0.4) is 0 Å². The summed E-state index contributed by atoms with van der Waals surface area (Å²) in [5.74, 6) is -51.5. The Kier molecular flexibility index (Phi) is 9.86. The molecule has 0 aliphatic rings. The minimum atomic E-state index is -1.98. The Balaban J connectivity index is 1.39. The number of phenols is 30. The van der Waals surface area contributed by atoms with E-state index < -0.39 is 271 Å². The van der Waals surface area contributed by atoms with Gasteiger partial charge in [0.15, 0.2) is 115 Å². The number of furan rings is 1. The van der Waals surface area contributed by atoms with Gasteiger partial charge in [-0.15, -0.1) is 0 Å². The van der Waals surface area contributed by atoms with E-state index in [1.54, 1.807) is 0 Å². The molecule has 408 valence electrons. The van der Waals surface area contributed by atoms with E-state index in [1.165, 1.54) is 0 Å². The molecule has 0 spiro atoms. The van der Waals surface area contributed by atoms with Crippen molar-refractivity contribution in [2.45, 2.75) is 0 Å². The van der Waals surface area contributed by atoms with Crippen LogP contribution in [0.25, 0.3) is 98.8 Å². The van der Waals surface area contributed by atoms with Gasteiger partial charge in [-0.2, -0.15) is 0 Å². The monoisotopic (exact) mass is 1100 g/mol. The number of phenolic OH excluding ortho intramolecular Hbond substituents is 30. The topological polar surface area (TPSA) is 620 Å². The largest absolute Gasteiger partial charge is 0.506 e. The van der Waals surface area contributed by atoms with Gasteiger partial charge in [-0.05, 0) is 0 Å². The van der Waals surface area contributed by atoms with Crippen molar-refractivity contribution in [1.29, 1.82) is 0 Å². The molecule has 79 heavy (non-hydrogen) atoms. The minimum Gasteiger partial charge on any atom is -0.506 e. The highest BCUT2D eigenvalue weighted by Crippen LogP contribution is 2.70. The van der Waals surface area contributed by atoms with Crippen LogP contribution in [0.4, 0.5) is 0 Å². The van der Waals surface area contributed by atoms with E-state index in [9.17, 15) is 153 Å². The van der Waals surface area contributed by atoms with Gasteiger partial charge >= 0.3 is 0 Å². The highest BCUT2D eigenvalue weighted by molar-refractivity contribution is 6.32. The molecule has 0 bridgehead atoms. The summed E-state index contributed by atoms with van der Waals surface area (Å²) < 4.78 is 5.44. The fraction of sp³-hybridized carbons (Fsp3) is 0. The van der Waals surface area contributed by atoms with Crippen LogP contribution in [0, 0.1) is 0 Å². The molecule has 0 atom stereocenters. The van der Waals surface area contributed by atoms with Crippen LogP contribution in [0.5, 0.6) is 172 Å². The number of benzene rings is 9. The second-order valence-electron chi connectivity index (χ2n) is 17.2. The predicted molar refractivity (Wildman–Crippen MR) is 258 cm³/mol. The molecule has 1 aromatic heterocycles. The fourth-order valence-corrected chi connectivity index (χ4v) is 9.70. The summed E-state index contributed by atoms with van der Waals surface area (Å²) in [7, 11) is 0. The molecule has 0 saturated heterocycles. The van der Waals surface area contributed by atoms with E-state index >= 15 is 0 Å². The van der Waals surface area contributed by atoms with E-state index in [2.05, 4.69) is 0 Å². The van der Waals surface area contributed by atoms with Gasteiger partial charge in [0.25, 0.3) is 0 Å². The first-order valence-corrected chi connectivity index (χ1v) is 21.1. The molecule has 0 unspecified atom stereocenters. The van der Waals surface area contributed by atoms with Crippen LogP contribution in [-0.4, -0.2) is 153 Å². The fourth-order valence-electron chi connectivity index (χ4n) is 9.70. The molecule has 31 heteroatoms. The average molecular weight is 1100 g/mol. The number of hydrogen-bond donors (Lipinski definition) is 30. The van der Waals surface area contributed by atoms with Crippen molar-refractivity contribution in [1.82, 2.24) is 0 Å². The number of rotatable bonds is 4. The third-order valence-corrected chi connectivity index (χ3v) is 13.3. The number of aromatic hydroxyl groups is 30. The summed E-state index contributed by atoms with van der Waals surface area (Å²) in [5, 5.41) is 324. The smallest absolute Gasteiger partial charge is 0.208 e. The molecule has 0 saturated carbocycles. The van der Waals surface area contributed by atoms with Gasteiger partial charge in [0.05, 0.1) is 54.9 Å². The molecule has 31 nitrogen and oxygen atoms in total. The molecule has 10 aromatic rings. The van der Waals surface area contributed by atoms with Gasteiger partial charge in [0, 0.05) is 32.7 Å². The zero-order valence-corrected chi connectivity index (χ0v) is 37.8. The lowest BCUT2D eigenvalue weighted by atomic mass is 9.81. The molecule has 1 heterocycles. The first-order valence-electron chi connectivity index (χ1n) is 21.1. The maximum Gasteiger partial charge on any atom is 0.208 e. The molecule has 0 fully saturated rings. The lowest BCUT2D eigenvalue weighted by molar-refractivity contribution is 0.329. The first kappa shape index (κ1) is 50.1. The Labute approximate surface area is 428 Å². The Morgan fingerprint density at radius 2 is 0.291 bits per heavy atom. The zero-order chi connectivity index (χ0) is 58.4. The third-order valence-electron chi connectivity index (χ3n) is 13.3. The number of hydrogen-bond acceptors (Lipinski definition) is 31. The van der Waals surface area contributed by atoms with Crippen LogP contribution in [0.2, 0.25) is 0 Å². The Bertz CT molecular complexity index is 4420. The van der Waals surface area contributed by atoms with Crippen molar-refractivity contribution in [3.8, 4) is 217 Å². The van der Waals surface area contributed by atoms with Crippen LogP contribution >= 0.6 is 0 Å². The third kappa shape index (κ3) is 5.70. The second-order valence-corrected chi connectivity index (χ2v) is 17.2. The van der Waals surface area contributed by atoms with E-state index in [0.29, 0.717) is 0 Å². The maximum atomic E-state index is 12.3. The lowest BCUT2D eigenvalue weighted by Gasteiger charge is -2.25.